The summed E-state index contributed by atoms with van der Waals surface area (Å²) >= 11 is 0. The molecule has 0 saturated carbocycles. The molecule has 0 spiro atoms. The van der Waals surface area contributed by atoms with Crippen LogP contribution < -0.4 is 0 Å². The Morgan fingerprint density at radius 1 is 1.43 bits per heavy atom. The Hall–Kier alpha value is -1.15. The summed E-state index contributed by atoms with van der Waals surface area (Å²) < 4.78 is 13.3. The minimum Gasteiger partial charge on any atom is -0.381 e. The Labute approximate surface area is 83.9 Å². The van der Waals surface area contributed by atoms with Gasteiger partial charge in [-0.25, -0.2) is 4.39 Å². The fraction of sp³-hybridized carbons (Fsp3) is 0.333. The first kappa shape index (κ1) is 10.9. The molecule has 0 aliphatic carbocycles. The van der Waals surface area contributed by atoms with E-state index >= 15 is 0 Å². The van der Waals surface area contributed by atoms with Crippen molar-refractivity contribution in [2.75, 3.05) is 0 Å². The minimum atomic E-state index is -1.11. The maximum absolute atomic E-state index is 13.3. The highest BCUT2D eigenvalue weighted by Crippen LogP contribution is 2.22. The maximum atomic E-state index is 13.3. The molecule has 1 atom stereocenters. The molecule has 0 radical (unpaired) electrons. The molecule has 0 aliphatic rings. The average molecular weight is 194 g/mol. The van der Waals surface area contributed by atoms with E-state index in [1.54, 1.807) is 24.3 Å². The van der Waals surface area contributed by atoms with Gasteiger partial charge in [-0.05, 0) is 18.1 Å². The molecular formula is C12H15FO. The van der Waals surface area contributed by atoms with Crippen LogP contribution in [0.3, 0.4) is 0 Å². The monoisotopic (exact) mass is 194 g/mol. The number of hydrogen-bond acceptors (Lipinski definition) is 1. The molecule has 1 nitrogen and oxygen atoms in total. The molecule has 1 unspecified atom stereocenters. The normalized spacial score (nSPS) is 14.1. The van der Waals surface area contributed by atoms with Gasteiger partial charge in [0, 0.05) is 0 Å². The topological polar surface area (TPSA) is 20.2 Å². The molecule has 2 heteroatoms. The Morgan fingerprint density at radius 2 is 2.07 bits per heavy atom. The van der Waals surface area contributed by atoms with Gasteiger partial charge in [-0.2, -0.15) is 0 Å². The molecule has 0 bridgehead atoms. The molecule has 0 aromatic heterocycles. The minimum absolute atomic E-state index is 0.460. The summed E-state index contributed by atoms with van der Waals surface area (Å²) in [6.07, 6.45) is 1.88. The van der Waals surface area contributed by atoms with Gasteiger partial charge >= 0.3 is 0 Å². The van der Waals surface area contributed by atoms with E-state index in [4.69, 9.17) is 0 Å². The van der Waals surface area contributed by atoms with Crippen molar-refractivity contribution in [1.29, 1.82) is 0 Å². The Kier molecular flexibility index (Phi) is 4.33. The fourth-order valence-corrected chi connectivity index (χ4v) is 1.19. The molecule has 0 amide bonds. The van der Waals surface area contributed by atoms with Gasteiger partial charge in [0.05, 0.1) is 0 Å². The van der Waals surface area contributed by atoms with E-state index in [1.165, 1.54) is 6.08 Å². The van der Waals surface area contributed by atoms with Crippen LogP contribution in [0.5, 0.6) is 0 Å². The standard InChI is InChI=1S/C12H15FO/c1-2-3-9-11(13)12(14)10-7-5-4-6-8-10/h4-9,12,14H,2-3H2,1H3. The first-order valence-corrected chi connectivity index (χ1v) is 4.84. The number of aliphatic hydroxyl groups is 1. The zero-order valence-electron chi connectivity index (χ0n) is 8.28. The van der Waals surface area contributed by atoms with Gasteiger partial charge in [0.2, 0.25) is 0 Å². The Morgan fingerprint density at radius 3 is 2.64 bits per heavy atom. The molecule has 0 heterocycles. The lowest BCUT2D eigenvalue weighted by molar-refractivity contribution is 0.185. The van der Waals surface area contributed by atoms with E-state index in [0.29, 0.717) is 12.0 Å². The van der Waals surface area contributed by atoms with Crippen molar-refractivity contribution in [2.24, 2.45) is 0 Å². The summed E-state index contributed by atoms with van der Waals surface area (Å²) in [5, 5.41) is 9.57. The van der Waals surface area contributed by atoms with Crippen molar-refractivity contribution in [3.63, 3.8) is 0 Å². The van der Waals surface area contributed by atoms with E-state index in [0.717, 1.165) is 6.42 Å². The predicted molar refractivity (Wildman–Crippen MR) is 55.5 cm³/mol. The first-order valence-electron chi connectivity index (χ1n) is 4.84. The molecule has 1 aromatic carbocycles. The molecule has 0 aliphatic heterocycles. The van der Waals surface area contributed by atoms with Gasteiger partial charge in [-0.1, -0.05) is 43.7 Å². The highest BCUT2D eigenvalue weighted by molar-refractivity contribution is 5.23. The Bertz CT molecular complexity index is 292. The molecule has 1 rings (SSSR count). The van der Waals surface area contributed by atoms with Crippen LogP contribution in [0.4, 0.5) is 4.39 Å². The van der Waals surface area contributed by atoms with Crippen molar-refractivity contribution < 1.29 is 9.50 Å². The van der Waals surface area contributed by atoms with Gasteiger partial charge in [0.1, 0.15) is 11.9 Å². The van der Waals surface area contributed by atoms with Crippen LogP contribution in [0.1, 0.15) is 31.4 Å². The number of aliphatic hydroxyl groups excluding tert-OH is 1. The van der Waals surface area contributed by atoms with Gasteiger partial charge in [-0.15, -0.1) is 0 Å². The van der Waals surface area contributed by atoms with E-state index in [9.17, 15) is 9.50 Å². The molecule has 0 fully saturated rings. The van der Waals surface area contributed by atoms with Gasteiger partial charge in [-0.3, -0.25) is 0 Å². The molecular weight excluding hydrogens is 179 g/mol. The van der Waals surface area contributed by atoms with E-state index in [2.05, 4.69) is 0 Å². The molecule has 1 aromatic rings. The SMILES string of the molecule is CCCC=C(F)C(O)c1ccccc1. The van der Waals surface area contributed by atoms with Crippen LogP contribution in [-0.2, 0) is 0 Å². The highest BCUT2D eigenvalue weighted by Gasteiger charge is 2.11. The summed E-state index contributed by atoms with van der Waals surface area (Å²) in [5.74, 6) is -0.460. The summed E-state index contributed by atoms with van der Waals surface area (Å²) in [5.41, 5.74) is 0.595. The largest absolute Gasteiger partial charge is 0.381 e. The summed E-state index contributed by atoms with van der Waals surface area (Å²) in [6, 6.07) is 8.83. The lowest BCUT2D eigenvalue weighted by Gasteiger charge is -2.08. The second-order valence-electron chi connectivity index (χ2n) is 3.19. The quantitative estimate of drug-likeness (QED) is 0.779. The molecule has 76 valence electrons. The Balaban J connectivity index is 2.70. The van der Waals surface area contributed by atoms with Gasteiger partial charge in [0.25, 0.3) is 0 Å². The lowest BCUT2D eigenvalue weighted by atomic mass is 10.1. The van der Waals surface area contributed by atoms with Crippen molar-refractivity contribution in [3.05, 3.63) is 47.8 Å². The number of allylic oxidation sites excluding steroid dienone is 1. The molecule has 14 heavy (non-hydrogen) atoms. The summed E-state index contributed by atoms with van der Waals surface area (Å²) in [7, 11) is 0. The van der Waals surface area contributed by atoms with E-state index in [1.807, 2.05) is 13.0 Å². The zero-order chi connectivity index (χ0) is 10.4. The summed E-state index contributed by atoms with van der Waals surface area (Å²) in [4.78, 5) is 0. The first-order chi connectivity index (χ1) is 6.75. The van der Waals surface area contributed by atoms with Crippen molar-refractivity contribution >= 4 is 0 Å². The number of rotatable bonds is 4. The van der Waals surface area contributed by atoms with Crippen LogP contribution >= 0.6 is 0 Å². The maximum Gasteiger partial charge on any atom is 0.130 e. The van der Waals surface area contributed by atoms with Crippen LogP contribution in [0.2, 0.25) is 0 Å². The average Bonchev–Trinajstić information content (AvgIpc) is 2.26. The second kappa shape index (κ2) is 5.55. The number of benzene rings is 1. The number of hydrogen-bond donors (Lipinski definition) is 1. The van der Waals surface area contributed by atoms with E-state index < -0.39 is 11.9 Å². The zero-order valence-corrected chi connectivity index (χ0v) is 8.28. The predicted octanol–water partition coefficient (Wildman–Crippen LogP) is 3.37. The third-order valence-electron chi connectivity index (χ3n) is 2.00. The van der Waals surface area contributed by atoms with Crippen molar-refractivity contribution in [3.8, 4) is 0 Å². The van der Waals surface area contributed by atoms with Gasteiger partial charge < -0.3 is 5.11 Å². The highest BCUT2D eigenvalue weighted by atomic mass is 19.1. The lowest BCUT2D eigenvalue weighted by Crippen LogP contribution is -1.97. The van der Waals surface area contributed by atoms with Crippen molar-refractivity contribution in [1.82, 2.24) is 0 Å². The van der Waals surface area contributed by atoms with E-state index in [-0.39, 0.29) is 0 Å². The molecule has 1 N–H and O–H groups in total. The van der Waals surface area contributed by atoms with Crippen LogP contribution in [-0.4, -0.2) is 5.11 Å². The van der Waals surface area contributed by atoms with Crippen LogP contribution in [0.15, 0.2) is 42.2 Å². The van der Waals surface area contributed by atoms with Crippen LogP contribution in [0, 0.1) is 0 Å². The fourth-order valence-electron chi connectivity index (χ4n) is 1.19. The summed E-state index contributed by atoms with van der Waals surface area (Å²) in [6.45, 7) is 1.97. The third-order valence-corrected chi connectivity index (χ3v) is 2.00. The van der Waals surface area contributed by atoms with Crippen LogP contribution in [0.25, 0.3) is 0 Å². The third kappa shape index (κ3) is 2.96. The van der Waals surface area contributed by atoms with Gasteiger partial charge in [0.15, 0.2) is 0 Å². The second-order valence-corrected chi connectivity index (χ2v) is 3.19. The number of unbranched alkanes of at least 4 members (excludes halogenated alkanes) is 1. The van der Waals surface area contributed by atoms with Crippen molar-refractivity contribution in [2.45, 2.75) is 25.9 Å². The smallest absolute Gasteiger partial charge is 0.130 e. The molecule has 0 saturated heterocycles. The number of halogens is 1.